The lowest BCUT2D eigenvalue weighted by molar-refractivity contribution is -0.0643. The van der Waals surface area contributed by atoms with Gasteiger partial charge in [0.05, 0.1) is 18.2 Å². The molecule has 0 bridgehead atoms. The second-order valence-corrected chi connectivity index (χ2v) is 5.23. The molecule has 0 saturated heterocycles. The van der Waals surface area contributed by atoms with E-state index in [1.165, 1.54) is 18.2 Å². The molecule has 1 aliphatic rings. The van der Waals surface area contributed by atoms with Gasteiger partial charge >= 0.3 is 5.97 Å². The number of nitrogens with one attached hydrogen (secondary N) is 1. The summed E-state index contributed by atoms with van der Waals surface area (Å²) in [5, 5.41) is 50.3. The van der Waals surface area contributed by atoms with Crippen molar-refractivity contribution in [3.63, 3.8) is 0 Å². The highest BCUT2D eigenvalue weighted by Crippen LogP contribution is 2.20. The van der Waals surface area contributed by atoms with E-state index in [1.807, 2.05) is 0 Å². The van der Waals surface area contributed by atoms with Crippen molar-refractivity contribution in [1.82, 2.24) is 5.32 Å². The van der Waals surface area contributed by atoms with E-state index < -0.39 is 36.9 Å². The normalized spacial score (nSPS) is 28.3. The molecule has 0 aliphatic heterocycles. The summed E-state index contributed by atoms with van der Waals surface area (Å²) in [5.74, 6) is -1.00. The van der Waals surface area contributed by atoms with Crippen molar-refractivity contribution in [2.24, 2.45) is 0 Å². The second-order valence-electron chi connectivity index (χ2n) is 5.23. The lowest BCUT2D eigenvalue weighted by Gasteiger charge is -2.34. The second kappa shape index (κ2) is 6.99. The zero-order chi connectivity index (χ0) is 16.3. The van der Waals surface area contributed by atoms with E-state index in [2.05, 4.69) is 5.32 Å². The van der Waals surface area contributed by atoms with Gasteiger partial charge < -0.3 is 30.8 Å². The van der Waals surface area contributed by atoms with Gasteiger partial charge in [-0.2, -0.15) is 0 Å². The van der Waals surface area contributed by atoms with Crippen molar-refractivity contribution >= 4 is 5.97 Å². The van der Waals surface area contributed by atoms with Crippen LogP contribution in [0.2, 0.25) is 0 Å². The number of carboxylic acid groups (broad SMARTS) is 1. The van der Waals surface area contributed by atoms with Crippen LogP contribution in [0.15, 0.2) is 35.9 Å². The molecule has 0 aromatic heterocycles. The van der Waals surface area contributed by atoms with E-state index in [0.29, 0.717) is 6.54 Å². The van der Waals surface area contributed by atoms with Crippen LogP contribution < -0.4 is 5.32 Å². The summed E-state index contributed by atoms with van der Waals surface area (Å²) in [6, 6.07) is 5.62. The molecule has 7 heteroatoms. The van der Waals surface area contributed by atoms with E-state index >= 15 is 0 Å². The number of carbonyl (C=O) groups is 1. The summed E-state index contributed by atoms with van der Waals surface area (Å²) < 4.78 is 0. The van der Waals surface area contributed by atoms with Crippen LogP contribution >= 0.6 is 0 Å². The van der Waals surface area contributed by atoms with Crippen LogP contribution in [0.5, 0.6) is 0 Å². The summed E-state index contributed by atoms with van der Waals surface area (Å²) in [5.41, 5.74) is 1.23. The number of aliphatic hydroxyl groups is 4. The van der Waals surface area contributed by atoms with Gasteiger partial charge in [0.1, 0.15) is 18.3 Å². The molecule has 2 rings (SSSR count). The zero-order valence-corrected chi connectivity index (χ0v) is 11.8. The van der Waals surface area contributed by atoms with Gasteiger partial charge in [-0.1, -0.05) is 18.2 Å². The molecule has 0 amide bonds. The highest BCUT2D eigenvalue weighted by atomic mass is 16.4. The Morgan fingerprint density at radius 1 is 1.09 bits per heavy atom. The molecule has 1 aromatic carbocycles. The molecule has 7 nitrogen and oxygen atoms in total. The Labute approximate surface area is 127 Å². The summed E-state index contributed by atoms with van der Waals surface area (Å²) in [6.45, 7) is -0.0733. The number of carboxylic acids is 1. The molecule has 0 radical (unpaired) electrons. The number of aliphatic hydroxyl groups excluding tert-OH is 4. The lowest BCUT2D eigenvalue weighted by atomic mass is 9.88. The Morgan fingerprint density at radius 2 is 1.73 bits per heavy atom. The molecule has 4 atom stereocenters. The maximum atomic E-state index is 10.8. The average molecular weight is 309 g/mol. The Hall–Kier alpha value is -1.77. The molecule has 1 unspecified atom stereocenters. The number of hydrogen-bond acceptors (Lipinski definition) is 6. The third kappa shape index (κ3) is 3.52. The van der Waals surface area contributed by atoms with Gasteiger partial charge in [-0.25, -0.2) is 4.79 Å². The maximum absolute atomic E-state index is 10.8. The smallest absolute Gasteiger partial charge is 0.335 e. The average Bonchev–Trinajstić information content (AvgIpc) is 2.52. The van der Waals surface area contributed by atoms with Gasteiger partial charge in [-0.05, 0) is 23.3 Å². The van der Waals surface area contributed by atoms with Gasteiger partial charge in [0.2, 0.25) is 0 Å². The molecule has 120 valence electrons. The Kier molecular flexibility index (Phi) is 5.28. The largest absolute Gasteiger partial charge is 0.478 e. The number of benzene rings is 1. The van der Waals surface area contributed by atoms with Crippen molar-refractivity contribution in [3.05, 3.63) is 47.0 Å². The molecule has 22 heavy (non-hydrogen) atoms. The van der Waals surface area contributed by atoms with Crippen LogP contribution in [0.25, 0.3) is 0 Å². The fourth-order valence-electron chi connectivity index (χ4n) is 2.37. The molecule has 0 spiro atoms. The SMILES string of the molecule is O=C(O)c1ccc(CN[C@H]2C=C(CO)[C@@H](O)C(O)[C@H]2O)cc1. The van der Waals surface area contributed by atoms with E-state index in [-0.39, 0.29) is 11.1 Å². The summed E-state index contributed by atoms with van der Waals surface area (Å²) in [4.78, 5) is 10.8. The van der Waals surface area contributed by atoms with Gasteiger partial charge in [0.25, 0.3) is 0 Å². The Bertz CT molecular complexity index is 556. The quantitative estimate of drug-likeness (QED) is 0.379. The van der Waals surface area contributed by atoms with Crippen LogP contribution in [-0.2, 0) is 6.54 Å². The van der Waals surface area contributed by atoms with Crippen LogP contribution in [0, 0.1) is 0 Å². The van der Waals surface area contributed by atoms with Crippen molar-refractivity contribution < 1.29 is 30.3 Å². The van der Waals surface area contributed by atoms with E-state index in [9.17, 15) is 20.1 Å². The standard InChI is InChI=1S/C15H19NO6/c17-7-10-5-11(13(19)14(20)12(10)18)16-6-8-1-3-9(4-2-8)15(21)22/h1-5,11-14,16-20H,6-7H2,(H,21,22)/t11-,12+,13-,14?/m0/s1. The molecule has 0 fully saturated rings. The van der Waals surface area contributed by atoms with Gasteiger partial charge in [0, 0.05) is 6.54 Å². The predicted molar refractivity (Wildman–Crippen MR) is 77.2 cm³/mol. The van der Waals surface area contributed by atoms with Gasteiger partial charge in [0.15, 0.2) is 0 Å². The van der Waals surface area contributed by atoms with Crippen LogP contribution in [0.4, 0.5) is 0 Å². The van der Waals surface area contributed by atoms with Crippen molar-refractivity contribution in [2.45, 2.75) is 30.9 Å². The zero-order valence-electron chi connectivity index (χ0n) is 11.8. The first-order chi connectivity index (χ1) is 10.4. The van der Waals surface area contributed by atoms with Crippen molar-refractivity contribution in [2.75, 3.05) is 6.61 Å². The Morgan fingerprint density at radius 3 is 2.27 bits per heavy atom. The molecule has 1 aromatic rings. The third-order valence-corrected chi connectivity index (χ3v) is 3.74. The summed E-state index contributed by atoms with van der Waals surface area (Å²) in [7, 11) is 0. The molecule has 1 aliphatic carbocycles. The number of rotatable bonds is 5. The highest BCUT2D eigenvalue weighted by molar-refractivity contribution is 5.87. The minimum Gasteiger partial charge on any atom is -0.478 e. The molecular formula is C15H19NO6. The Balaban J connectivity index is 2.03. The van der Waals surface area contributed by atoms with E-state index in [4.69, 9.17) is 10.2 Å². The monoisotopic (exact) mass is 309 g/mol. The van der Waals surface area contributed by atoms with Crippen LogP contribution in [0.3, 0.4) is 0 Å². The topological polar surface area (TPSA) is 130 Å². The van der Waals surface area contributed by atoms with Crippen LogP contribution in [0.1, 0.15) is 15.9 Å². The van der Waals surface area contributed by atoms with Crippen molar-refractivity contribution in [3.8, 4) is 0 Å². The highest BCUT2D eigenvalue weighted by Gasteiger charge is 2.36. The lowest BCUT2D eigenvalue weighted by Crippen LogP contribution is -2.53. The van der Waals surface area contributed by atoms with E-state index in [0.717, 1.165) is 5.56 Å². The van der Waals surface area contributed by atoms with Crippen LogP contribution in [-0.4, -0.2) is 62.5 Å². The first-order valence-corrected chi connectivity index (χ1v) is 6.85. The fraction of sp³-hybridized carbons (Fsp3) is 0.400. The van der Waals surface area contributed by atoms with Gasteiger partial charge in [-0.15, -0.1) is 0 Å². The molecule has 6 N–H and O–H groups in total. The summed E-state index contributed by atoms with van der Waals surface area (Å²) in [6.07, 6.45) is -2.37. The predicted octanol–water partition coefficient (Wildman–Crippen LogP) is -1.14. The number of hydrogen-bond donors (Lipinski definition) is 6. The first kappa shape index (κ1) is 16.6. The minimum atomic E-state index is -1.38. The maximum Gasteiger partial charge on any atom is 0.335 e. The van der Waals surface area contributed by atoms with E-state index in [1.54, 1.807) is 12.1 Å². The fourth-order valence-corrected chi connectivity index (χ4v) is 2.37. The first-order valence-electron chi connectivity index (χ1n) is 6.85. The van der Waals surface area contributed by atoms with Gasteiger partial charge in [-0.3, -0.25) is 0 Å². The molecule has 0 saturated carbocycles. The molecule has 0 heterocycles. The molecular weight excluding hydrogens is 290 g/mol. The minimum absolute atomic E-state index is 0.183. The number of aromatic carboxylic acids is 1. The third-order valence-electron chi connectivity index (χ3n) is 3.74. The summed E-state index contributed by atoms with van der Waals surface area (Å²) >= 11 is 0. The van der Waals surface area contributed by atoms with Crippen molar-refractivity contribution in [1.29, 1.82) is 0 Å².